The number of pyridine rings is 1. The van der Waals surface area contributed by atoms with Gasteiger partial charge in [0.05, 0.1) is 7.11 Å². The summed E-state index contributed by atoms with van der Waals surface area (Å²) in [6.07, 6.45) is 2.26. The lowest BCUT2D eigenvalue weighted by molar-refractivity contribution is 0.0579. The van der Waals surface area contributed by atoms with Crippen molar-refractivity contribution in [1.29, 1.82) is 0 Å². The molecule has 1 spiro atoms. The van der Waals surface area contributed by atoms with Crippen molar-refractivity contribution in [2.75, 3.05) is 17.3 Å². The quantitative estimate of drug-likeness (QED) is 0.550. The van der Waals surface area contributed by atoms with Crippen LogP contribution in [0.5, 0.6) is 5.75 Å². The lowest BCUT2D eigenvalue weighted by Gasteiger charge is -2.35. The number of methoxy groups -OCH3 is 1. The zero-order valence-electron chi connectivity index (χ0n) is 21.4. The van der Waals surface area contributed by atoms with Crippen molar-refractivity contribution in [3.05, 3.63) is 34.0 Å². The summed E-state index contributed by atoms with van der Waals surface area (Å²) >= 11 is 0. The fourth-order valence-electron chi connectivity index (χ4n) is 4.83. The highest BCUT2D eigenvalue weighted by Gasteiger charge is 2.45. The van der Waals surface area contributed by atoms with E-state index in [-0.39, 0.29) is 29.0 Å². The maximum Gasteiger partial charge on any atom is 0.425 e. The van der Waals surface area contributed by atoms with Gasteiger partial charge in [0.25, 0.3) is 11.5 Å². The Morgan fingerprint density at radius 3 is 2.46 bits per heavy atom. The normalized spacial score (nSPS) is 16.1. The number of carbonyl (C=O) groups is 3. The molecule has 0 saturated heterocycles. The number of hydrogen-bond acceptors (Lipinski definition) is 9. The van der Waals surface area contributed by atoms with Crippen LogP contribution in [0.15, 0.2) is 17.2 Å². The van der Waals surface area contributed by atoms with E-state index in [1.54, 1.807) is 27.7 Å². The molecule has 13 heteroatoms. The summed E-state index contributed by atoms with van der Waals surface area (Å²) in [5, 5.41) is 15.7. The topological polar surface area (TPSA) is 165 Å². The highest BCUT2D eigenvalue weighted by atomic mass is 16.6. The molecule has 1 saturated carbocycles. The molecule has 13 nitrogen and oxygen atoms in total. The SMILES string of the molecule is COc1c(Nc2cc(C)c3n(c2=O)C2(CCCCC2)NC3=O)ncnc1N(C(=O)O)C(=O)OC(C)(C)C. The number of ether oxygens (including phenoxy) is 2. The van der Waals surface area contributed by atoms with Crippen LogP contribution in [-0.2, 0) is 10.4 Å². The molecule has 0 radical (unpaired) electrons. The van der Waals surface area contributed by atoms with Crippen LogP contribution in [0.25, 0.3) is 0 Å². The van der Waals surface area contributed by atoms with Gasteiger partial charge in [0.15, 0.2) is 11.6 Å². The van der Waals surface area contributed by atoms with Crippen molar-refractivity contribution in [3.63, 3.8) is 0 Å². The first kappa shape index (κ1) is 25.9. The van der Waals surface area contributed by atoms with E-state index in [2.05, 4.69) is 20.6 Å². The third-order valence-electron chi connectivity index (χ3n) is 6.28. The van der Waals surface area contributed by atoms with E-state index in [0.29, 0.717) is 29.0 Å². The number of amides is 3. The van der Waals surface area contributed by atoms with Crippen molar-refractivity contribution in [2.24, 2.45) is 0 Å². The molecular weight excluding hydrogens is 484 g/mol. The molecule has 37 heavy (non-hydrogen) atoms. The predicted molar refractivity (Wildman–Crippen MR) is 133 cm³/mol. The van der Waals surface area contributed by atoms with E-state index in [4.69, 9.17) is 9.47 Å². The monoisotopic (exact) mass is 514 g/mol. The van der Waals surface area contributed by atoms with Crippen molar-refractivity contribution in [3.8, 4) is 5.75 Å². The minimum atomic E-state index is -1.64. The molecule has 0 atom stereocenters. The van der Waals surface area contributed by atoms with Gasteiger partial charge in [-0.05, 0) is 65.0 Å². The Bertz CT molecular complexity index is 1320. The van der Waals surface area contributed by atoms with Crippen LogP contribution in [0.4, 0.5) is 26.9 Å². The number of carbonyl (C=O) groups excluding carboxylic acids is 2. The summed E-state index contributed by atoms with van der Waals surface area (Å²) in [6, 6.07) is 1.53. The van der Waals surface area contributed by atoms with Gasteiger partial charge in [-0.2, -0.15) is 4.90 Å². The predicted octanol–water partition coefficient (Wildman–Crippen LogP) is 3.48. The average Bonchev–Trinajstić information content (AvgIpc) is 3.08. The highest BCUT2D eigenvalue weighted by Crippen LogP contribution is 2.38. The number of aryl methyl sites for hydroxylation is 1. The lowest BCUT2D eigenvalue weighted by atomic mass is 9.89. The Morgan fingerprint density at radius 1 is 1.19 bits per heavy atom. The molecule has 2 aliphatic rings. The van der Waals surface area contributed by atoms with Gasteiger partial charge in [0.2, 0.25) is 5.75 Å². The first-order valence-electron chi connectivity index (χ1n) is 11.9. The van der Waals surface area contributed by atoms with Gasteiger partial charge in [-0.15, -0.1) is 0 Å². The zero-order valence-corrected chi connectivity index (χ0v) is 21.4. The molecule has 1 aliphatic carbocycles. The smallest absolute Gasteiger partial charge is 0.425 e. The lowest BCUT2D eigenvalue weighted by Crippen LogP contribution is -2.48. The van der Waals surface area contributed by atoms with Gasteiger partial charge in [-0.1, -0.05) is 6.42 Å². The van der Waals surface area contributed by atoms with Crippen LogP contribution in [0.1, 0.15) is 68.9 Å². The number of imide groups is 1. The molecule has 2 aromatic heterocycles. The summed E-state index contributed by atoms with van der Waals surface area (Å²) in [5.41, 5.74) is -1.20. The Morgan fingerprint density at radius 2 is 1.86 bits per heavy atom. The maximum absolute atomic E-state index is 13.7. The maximum atomic E-state index is 13.7. The van der Waals surface area contributed by atoms with Crippen LogP contribution < -0.4 is 25.8 Å². The molecule has 1 aliphatic heterocycles. The second-order valence-corrected chi connectivity index (χ2v) is 10.1. The van der Waals surface area contributed by atoms with Gasteiger partial charge in [-0.25, -0.2) is 19.6 Å². The third kappa shape index (κ3) is 4.68. The first-order valence-corrected chi connectivity index (χ1v) is 11.9. The molecule has 4 rings (SSSR count). The largest absolute Gasteiger partial charge is 0.490 e. The zero-order chi connectivity index (χ0) is 27.1. The van der Waals surface area contributed by atoms with Gasteiger partial charge in [-0.3, -0.25) is 14.2 Å². The molecule has 2 aromatic rings. The fourth-order valence-corrected chi connectivity index (χ4v) is 4.83. The van der Waals surface area contributed by atoms with E-state index in [1.165, 1.54) is 17.7 Å². The highest BCUT2D eigenvalue weighted by molar-refractivity contribution is 6.09. The van der Waals surface area contributed by atoms with E-state index in [0.717, 1.165) is 25.6 Å². The standard InChI is InChI=1S/C24H30N6O7/c1-13-11-14(20(32)30-15(13)19(31)28-24(30)9-7-6-8-10-24)27-17-16(36-5)18(26-12-25-17)29(21(33)34)22(35)37-23(2,3)4/h11-12H,6-10H2,1-5H3,(H,28,31)(H,33,34)(H,25,26,27). The summed E-state index contributed by atoms with van der Waals surface area (Å²) in [7, 11) is 1.25. The van der Waals surface area contributed by atoms with Crippen molar-refractivity contribution < 1.29 is 29.0 Å². The van der Waals surface area contributed by atoms with Crippen LogP contribution >= 0.6 is 0 Å². The fraction of sp³-hybridized carbons (Fsp3) is 0.500. The summed E-state index contributed by atoms with van der Waals surface area (Å²) in [5.74, 6) is -0.922. The van der Waals surface area contributed by atoms with E-state index < -0.39 is 29.0 Å². The molecule has 0 unspecified atom stereocenters. The number of hydrogen-bond donors (Lipinski definition) is 3. The second kappa shape index (κ2) is 9.37. The molecule has 1 fully saturated rings. The molecule has 3 heterocycles. The summed E-state index contributed by atoms with van der Waals surface area (Å²) < 4.78 is 12.1. The van der Waals surface area contributed by atoms with Gasteiger partial charge in [0.1, 0.15) is 29.0 Å². The summed E-state index contributed by atoms with van der Waals surface area (Å²) in [6.45, 7) is 6.52. The minimum Gasteiger partial charge on any atom is -0.490 e. The number of nitrogens with one attached hydrogen (secondary N) is 2. The number of aromatic nitrogens is 3. The van der Waals surface area contributed by atoms with Crippen LogP contribution in [0, 0.1) is 6.92 Å². The molecular formula is C24H30N6O7. The molecule has 0 aromatic carbocycles. The molecule has 3 amide bonds. The Hall–Kier alpha value is -4.16. The van der Waals surface area contributed by atoms with Crippen LogP contribution in [0.2, 0.25) is 0 Å². The molecule has 0 bridgehead atoms. The van der Waals surface area contributed by atoms with Crippen molar-refractivity contribution in [1.82, 2.24) is 19.9 Å². The van der Waals surface area contributed by atoms with Crippen LogP contribution in [0.3, 0.4) is 0 Å². The molecule has 198 valence electrons. The number of carboxylic acid groups (broad SMARTS) is 1. The summed E-state index contributed by atoms with van der Waals surface area (Å²) in [4.78, 5) is 59.5. The Kier molecular flexibility index (Phi) is 6.57. The first-order chi connectivity index (χ1) is 17.4. The Labute approximate surface area is 212 Å². The van der Waals surface area contributed by atoms with Gasteiger partial charge in [0, 0.05) is 0 Å². The van der Waals surface area contributed by atoms with E-state index in [1.807, 2.05) is 0 Å². The van der Waals surface area contributed by atoms with Crippen LogP contribution in [-0.4, -0.2) is 50.4 Å². The van der Waals surface area contributed by atoms with Crippen molar-refractivity contribution in [2.45, 2.75) is 71.1 Å². The van der Waals surface area contributed by atoms with Gasteiger partial charge < -0.3 is 25.2 Å². The Balaban J connectivity index is 1.79. The van der Waals surface area contributed by atoms with Crippen molar-refractivity contribution >= 4 is 35.4 Å². The van der Waals surface area contributed by atoms with E-state index >= 15 is 0 Å². The van der Waals surface area contributed by atoms with Gasteiger partial charge >= 0.3 is 12.2 Å². The number of anilines is 3. The number of fused-ring (bicyclic) bond motifs is 2. The third-order valence-corrected chi connectivity index (χ3v) is 6.28. The average molecular weight is 515 g/mol. The number of rotatable bonds is 4. The second-order valence-electron chi connectivity index (χ2n) is 10.1. The number of nitrogens with zero attached hydrogens (tertiary/aromatic N) is 4. The van der Waals surface area contributed by atoms with E-state index in [9.17, 15) is 24.3 Å². The molecule has 3 N–H and O–H groups in total. The minimum absolute atomic E-state index is 0.0469.